The molecule has 3 rings (SSSR count). The highest BCUT2D eigenvalue weighted by atomic mass is 19.1. The van der Waals surface area contributed by atoms with E-state index in [1.165, 1.54) is 18.2 Å². The van der Waals surface area contributed by atoms with E-state index >= 15 is 0 Å². The molecule has 1 aliphatic heterocycles. The molecule has 0 spiro atoms. The Labute approximate surface area is 127 Å². The summed E-state index contributed by atoms with van der Waals surface area (Å²) in [7, 11) is 0. The molecule has 22 heavy (non-hydrogen) atoms. The Morgan fingerprint density at radius 1 is 1.14 bits per heavy atom. The highest BCUT2D eigenvalue weighted by molar-refractivity contribution is 6.23. The number of hydrogen-bond acceptors (Lipinski definition) is 3. The van der Waals surface area contributed by atoms with Gasteiger partial charge in [0.2, 0.25) is 5.91 Å². The van der Waals surface area contributed by atoms with Crippen molar-refractivity contribution in [2.45, 2.75) is 19.4 Å². The summed E-state index contributed by atoms with van der Waals surface area (Å²) in [6.45, 7) is 1.94. The first-order chi connectivity index (χ1) is 10.6. The van der Waals surface area contributed by atoms with Crippen LogP contribution in [-0.2, 0) is 9.59 Å². The summed E-state index contributed by atoms with van der Waals surface area (Å²) in [5.74, 6) is -1.42. The second-order valence-corrected chi connectivity index (χ2v) is 5.29. The van der Waals surface area contributed by atoms with E-state index in [0.717, 1.165) is 16.2 Å². The summed E-state index contributed by atoms with van der Waals surface area (Å²) in [5.41, 5.74) is 1.82. The third-order valence-electron chi connectivity index (χ3n) is 3.60. The summed E-state index contributed by atoms with van der Waals surface area (Å²) in [6.07, 6.45) is 0.0150. The van der Waals surface area contributed by atoms with Gasteiger partial charge in [-0.2, -0.15) is 0 Å². The normalized spacial score (nSPS) is 17.9. The van der Waals surface area contributed by atoms with Crippen LogP contribution in [0.1, 0.15) is 12.0 Å². The fraction of sp³-hybridized carbons (Fsp3) is 0.176. The van der Waals surface area contributed by atoms with Gasteiger partial charge in [-0.1, -0.05) is 24.3 Å². The molecule has 1 fully saturated rings. The molecule has 1 atom stereocenters. The molecule has 1 N–H and O–H groups in total. The van der Waals surface area contributed by atoms with Crippen molar-refractivity contribution in [3.05, 3.63) is 59.9 Å². The highest BCUT2D eigenvalue weighted by Crippen LogP contribution is 2.27. The number of carbonyl (C=O) groups excluding carboxylic acids is 2. The Kier molecular flexibility index (Phi) is 3.63. The number of rotatable bonds is 3. The molecule has 1 heterocycles. The van der Waals surface area contributed by atoms with Gasteiger partial charge in [0.1, 0.15) is 11.9 Å². The van der Waals surface area contributed by atoms with Gasteiger partial charge in [-0.25, -0.2) is 9.29 Å². The van der Waals surface area contributed by atoms with Gasteiger partial charge >= 0.3 is 0 Å². The van der Waals surface area contributed by atoms with E-state index in [4.69, 9.17) is 0 Å². The average Bonchev–Trinajstić information content (AvgIpc) is 2.74. The van der Waals surface area contributed by atoms with Crippen LogP contribution in [0.4, 0.5) is 15.8 Å². The van der Waals surface area contributed by atoms with Gasteiger partial charge in [-0.05, 0) is 36.8 Å². The molecule has 112 valence electrons. The van der Waals surface area contributed by atoms with Crippen LogP contribution < -0.4 is 10.2 Å². The van der Waals surface area contributed by atoms with Crippen LogP contribution in [0.5, 0.6) is 0 Å². The molecule has 1 saturated heterocycles. The number of nitrogens with one attached hydrogen (secondary N) is 1. The summed E-state index contributed by atoms with van der Waals surface area (Å²) >= 11 is 0. The molecule has 0 aromatic heterocycles. The summed E-state index contributed by atoms with van der Waals surface area (Å²) in [5, 5.41) is 3.05. The lowest BCUT2D eigenvalue weighted by molar-refractivity contribution is -0.121. The summed E-state index contributed by atoms with van der Waals surface area (Å²) < 4.78 is 13.8. The zero-order valence-corrected chi connectivity index (χ0v) is 12.0. The first-order valence-electron chi connectivity index (χ1n) is 7.01. The molecule has 0 radical (unpaired) electrons. The smallest absolute Gasteiger partial charge is 0.256 e. The third-order valence-corrected chi connectivity index (χ3v) is 3.60. The predicted octanol–water partition coefficient (Wildman–Crippen LogP) is 2.88. The predicted molar refractivity (Wildman–Crippen MR) is 82.1 cm³/mol. The lowest BCUT2D eigenvalue weighted by atomic mass is 10.2. The standard InChI is InChI=1S/C17H15FN2O2/c1-11-5-4-6-12(9-11)19-14-10-16(21)20(17(14)22)15-8-3-2-7-13(15)18/h2-9,14,19H,10H2,1H3/t14-/m0/s1. The van der Waals surface area contributed by atoms with Gasteiger partial charge in [-0.15, -0.1) is 0 Å². The van der Waals surface area contributed by atoms with Crippen LogP contribution in [0.25, 0.3) is 0 Å². The number of aryl methyl sites for hydroxylation is 1. The van der Waals surface area contributed by atoms with Crippen LogP contribution in [0, 0.1) is 12.7 Å². The summed E-state index contributed by atoms with van der Waals surface area (Å²) in [4.78, 5) is 25.5. The lowest BCUT2D eigenvalue weighted by Gasteiger charge is -2.16. The topological polar surface area (TPSA) is 49.4 Å². The Hall–Kier alpha value is -2.69. The largest absolute Gasteiger partial charge is 0.373 e. The Morgan fingerprint density at radius 2 is 1.91 bits per heavy atom. The van der Waals surface area contributed by atoms with Crippen LogP contribution in [-0.4, -0.2) is 17.9 Å². The summed E-state index contributed by atoms with van der Waals surface area (Å²) in [6, 6.07) is 12.6. The number of benzene rings is 2. The Balaban J connectivity index is 1.84. The Bertz CT molecular complexity index is 745. The molecule has 2 amide bonds. The minimum absolute atomic E-state index is 0.00559. The number of hydrogen-bond donors (Lipinski definition) is 1. The van der Waals surface area contributed by atoms with Crippen molar-refractivity contribution >= 4 is 23.2 Å². The number of carbonyl (C=O) groups is 2. The maximum atomic E-state index is 13.8. The number of imide groups is 1. The van der Waals surface area contributed by atoms with Crippen LogP contribution in [0.2, 0.25) is 0 Å². The van der Waals surface area contributed by atoms with Crippen molar-refractivity contribution in [2.24, 2.45) is 0 Å². The SMILES string of the molecule is Cc1cccc(N[C@H]2CC(=O)N(c3ccccc3F)C2=O)c1. The molecular weight excluding hydrogens is 283 g/mol. The van der Waals surface area contributed by atoms with Gasteiger partial charge in [-0.3, -0.25) is 9.59 Å². The molecule has 2 aromatic carbocycles. The second-order valence-electron chi connectivity index (χ2n) is 5.29. The quantitative estimate of drug-likeness (QED) is 0.886. The fourth-order valence-corrected chi connectivity index (χ4v) is 2.57. The number of halogens is 1. The van der Waals surface area contributed by atoms with E-state index in [9.17, 15) is 14.0 Å². The number of nitrogens with zero attached hydrogens (tertiary/aromatic N) is 1. The maximum Gasteiger partial charge on any atom is 0.256 e. The van der Waals surface area contributed by atoms with Crippen molar-refractivity contribution in [3.63, 3.8) is 0 Å². The van der Waals surface area contributed by atoms with Crippen molar-refractivity contribution in [3.8, 4) is 0 Å². The van der Waals surface area contributed by atoms with E-state index in [1.54, 1.807) is 6.07 Å². The van der Waals surface area contributed by atoms with E-state index in [0.29, 0.717) is 0 Å². The van der Waals surface area contributed by atoms with Crippen LogP contribution in [0.3, 0.4) is 0 Å². The van der Waals surface area contributed by atoms with Gasteiger partial charge in [0.05, 0.1) is 12.1 Å². The van der Waals surface area contributed by atoms with Crippen LogP contribution >= 0.6 is 0 Å². The van der Waals surface area contributed by atoms with E-state index in [-0.39, 0.29) is 12.1 Å². The van der Waals surface area contributed by atoms with Crippen LogP contribution in [0.15, 0.2) is 48.5 Å². The molecular formula is C17H15FN2O2. The van der Waals surface area contributed by atoms with Gasteiger partial charge in [0.15, 0.2) is 0 Å². The van der Waals surface area contributed by atoms with Crippen molar-refractivity contribution in [2.75, 3.05) is 10.2 Å². The number of amides is 2. The average molecular weight is 298 g/mol. The van der Waals surface area contributed by atoms with E-state index in [2.05, 4.69) is 5.32 Å². The van der Waals surface area contributed by atoms with E-state index in [1.807, 2.05) is 31.2 Å². The Morgan fingerprint density at radius 3 is 2.64 bits per heavy atom. The molecule has 2 aromatic rings. The lowest BCUT2D eigenvalue weighted by Crippen LogP contribution is -2.35. The first kappa shape index (κ1) is 14.3. The molecule has 1 aliphatic rings. The molecule has 0 saturated carbocycles. The van der Waals surface area contributed by atoms with Crippen molar-refractivity contribution in [1.29, 1.82) is 0 Å². The minimum atomic E-state index is -0.672. The molecule has 0 bridgehead atoms. The number of anilines is 2. The maximum absolute atomic E-state index is 13.8. The molecule has 0 aliphatic carbocycles. The zero-order valence-electron chi connectivity index (χ0n) is 12.0. The third kappa shape index (κ3) is 2.57. The van der Waals surface area contributed by atoms with Crippen molar-refractivity contribution in [1.82, 2.24) is 0 Å². The fourth-order valence-electron chi connectivity index (χ4n) is 2.57. The molecule has 4 nitrogen and oxygen atoms in total. The highest BCUT2D eigenvalue weighted by Gasteiger charge is 2.40. The number of para-hydroxylation sites is 1. The molecule has 5 heteroatoms. The molecule has 0 unspecified atom stereocenters. The zero-order chi connectivity index (χ0) is 15.7. The van der Waals surface area contributed by atoms with Crippen molar-refractivity contribution < 1.29 is 14.0 Å². The first-order valence-corrected chi connectivity index (χ1v) is 7.01. The van der Waals surface area contributed by atoms with E-state index < -0.39 is 23.7 Å². The van der Waals surface area contributed by atoms with Gasteiger partial charge < -0.3 is 5.32 Å². The van der Waals surface area contributed by atoms with Gasteiger partial charge in [0.25, 0.3) is 5.91 Å². The van der Waals surface area contributed by atoms with Gasteiger partial charge in [0, 0.05) is 5.69 Å². The monoisotopic (exact) mass is 298 g/mol. The second kappa shape index (κ2) is 5.60. The minimum Gasteiger partial charge on any atom is -0.373 e.